The zero-order valence-corrected chi connectivity index (χ0v) is 19.6. The van der Waals surface area contributed by atoms with Crippen molar-refractivity contribution in [3.05, 3.63) is 39.6 Å². The van der Waals surface area contributed by atoms with Crippen LogP contribution in [0.2, 0.25) is 0 Å². The van der Waals surface area contributed by atoms with Gasteiger partial charge in [0.25, 0.3) is 11.8 Å². The lowest BCUT2D eigenvalue weighted by Crippen LogP contribution is -2.51. The summed E-state index contributed by atoms with van der Waals surface area (Å²) in [4.78, 5) is 27.2. The van der Waals surface area contributed by atoms with E-state index < -0.39 is 22.0 Å². The number of rotatable bonds is 4. The molecule has 11 heteroatoms. The zero-order chi connectivity index (χ0) is 23.0. The summed E-state index contributed by atoms with van der Waals surface area (Å²) in [6.45, 7) is 0.978. The van der Waals surface area contributed by atoms with Crippen molar-refractivity contribution in [2.75, 3.05) is 19.8 Å². The third-order valence-electron chi connectivity index (χ3n) is 6.15. The van der Waals surface area contributed by atoms with Gasteiger partial charge >= 0.3 is 0 Å². The van der Waals surface area contributed by atoms with Gasteiger partial charge in [0.1, 0.15) is 19.3 Å². The van der Waals surface area contributed by atoms with Gasteiger partial charge in [-0.1, -0.05) is 0 Å². The summed E-state index contributed by atoms with van der Waals surface area (Å²) in [6.07, 6.45) is 5.12. The van der Waals surface area contributed by atoms with Crippen molar-refractivity contribution in [1.29, 1.82) is 0 Å². The molecule has 1 saturated heterocycles. The minimum Gasteiger partial charge on any atom is -0.486 e. The molecule has 2 N–H and O–H groups in total. The van der Waals surface area contributed by atoms with Crippen LogP contribution in [0.1, 0.15) is 45.8 Å². The second-order valence-electron chi connectivity index (χ2n) is 8.29. The molecule has 1 aliphatic carbocycles. The predicted octanol–water partition coefficient (Wildman–Crippen LogP) is 2.01. The Morgan fingerprint density at radius 2 is 1.79 bits per heavy atom. The Hall–Kier alpha value is -2.63. The van der Waals surface area contributed by atoms with Crippen LogP contribution in [0.15, 0.2) is 29.2 Å². The number of nitrogens with one attached hydrogen (secondary N) is 2. The summed E-state index contributed by atoms with van der Waals surface area (Å²) < 4.78 is 38.7. The molecule has 3 heterocycles. The Labute approximate surface area is 196 Å². The van der Waals surface area contributed by atoms with E-state index in [0.29, 0.717) is 42.4 Å². The van der Waals surface area contributed by atoms with Gasteiger partial charge in [0.05, 0.1) is 9.77 Å². The fourth-order valence-corrected chi connectivity index (χ4v) is 7.30. The van der Waals surface area contributed by atoms with E-state index >= 15 is 0 Å². The number of hydrogen-bond donors (Lipinski definition) is 2. The third-order valence-corrected chi connectivity index (χ3v) is 9.29. The lowest BCUT2D eigenvalue weighted by atomic mass is 9.99. The number of hydrazine groups is 1. The topological polar surface area (TPSA) is 114 Å². The molecule has 1 atom stereocenters. The van der Waals surface area contributed by atoms with Crippen molar-refractivity contribution < 1.29 is 27.5 Å². The van der Waals surface area contributed by atoms with E-state index in [1.165, 1.54) is 38.2 Å². The molecule has 0 radical (unpaired) electrons. The maximum Gasteiger partial charge on any atom is 0.279 e. The van der Waals surface area contributed by atoms with Crippen LogP contribution < -0.4 is 20.3 Å². The smallest absolute Gasteiger partial charge is 0.279 e. The molecule has 33 heavy (non-hydrogen) atoms. The summed E-state index contributed by atoms with van der Waals surface area (Å²) in [5, 5.41) is 0. The van der Waals surface area contributed by atoms with E-state index in [2.05, 4.69) is 10.9 Å². The maximum atomic E-state index is 13.3. The molecule has 5 rings (SSSR count). The average molecular weight is 492 g/mol. The molecular weight excluding hydrogens is 466 g/mol. The van der Waals surface area contributed by atoms with Crippen LogP contribution in [-0.4, -0.2) is 50.3 Å². The molecule has 3 aliphatic rings. The number of hydrogen-bond acceptors (Lipinski definition) is 7. The SMILES string of the molecule is O=C(NNC(=O)C1CCCN1S(=O)(=O)c1ccc2c(c1)OCCO2)c1cc2c(s1)CCCC2. The lowest BCUT2D eigenvalue weighted by molar-refractivity contribution is -0.125. The molecule has 0 bridgehead atoms. The van der Waals surface area contributed by atoms with E-state index in [1.54, 1.807) is 6.07 Å². The molecule has 1 aromatic heterocycles. The predicted molar refractivity (Wildman–Crippen MR) is 121 cm³/mol. The highest BCUT2D eigenvalue weighted by Gasteiger charge is 2.40. The number of fused-ring (bicyclic) bond motifs is 2. The Morgan fingerprint density at radius 1 is 1.00 bits per heavy atom. The number of benzene rings is 1. The number of amides is 2. The highest BCUT2D eigenvalue weighted by atomic mass is 32.2. The van der Waals surface area contributed by atoms with Gasteiger partial charge in [0, 0.05) is 17.5 Å². The normalized spacial score (nSPS) is 20.2. The van der Waals surface area contributed by atoms with E-state index in [0.717, 1.165) is 25.7 Å². The van der Waals surface area contributed by atoms with Gasteiger partial charge in [-0.25, -0.2) is 8.42 Å². The van der Waals surface area contributed by atoms with Gasteiger partial charge in [-0.3, -0.25) is 20.4 Å². The Morgan fingerprint density at radius 3 is 2.61 bits per heavy atom. The van der Waals surface area contributed by atoms with Crippen molar-refractivity contribution in [3.63, 3.8) is 0 Å². The molecule has 2 amide bonds. The van der Waals surface area contributed by atoms with Crippen LogP contribution in [0, 0.1) is 0 Å². The summed E-state index contributed by atoms with van der Waals surface area (Å²) in [7, 11) is -3.93. The number of sulfonamides is 1. The number of carbonyl (C=O) groups excluding carboxylic acids is 2. The fraction of sp³-hybridized carbons (Fsp3) is 0.455. The average Bonchev–Trinajstić information content (AvgIpc) is 3.50. The minimum absolute atomic E-state index is 0.0413. The highest BCUT2D eigenvalue weighted by molar-refractivity contribution is 7.89. The van der Waals surface area contributed by atoms with Crippen molar-refractivity contribution in [2.45, 2.75) is 49.5 Å². The monoisotopic (exact) mass is 491 g/mol. The van der Waals surface area contributed by atoms with E-state index in [4.69, 9.17) is 9.47 Å². The molecule has 0 saturated carbocycles. The van der Waals surface area contributed by atoms with Crippen LogP contribution in [0.25, 0.3) is 0 Å². The van der Waals surface area contributed by atoms with E-state index in [-0.39, 0.29) is 17.3 Å². The zero-order valence-electron chi connectivity index (χ0n) is 18.0. The number of carbonyl (C=O) groups is 2. The first kappa shape index (κ1) is 22.2. The summed E-state index contributed by atoms with van der Waals surface area (Å²) in [5.74, 6) is -0.0763. The molecule has 1 aromatic carbocycles. The van der Waals surface area contributed by atoms with Crippen molar-refractivity contribution in [1.82, 2.24) is 15.2 Å². The standard InChI is InChI=1S/C22H25N3O6S2/c26-21(23-24-22(27)20-12-14-4-1-2-6-19(14)32-20)16-5-3-9-25(16)33(28,29)15-7-8-17-18(13-15)31-11-10-30-17/h7-8,12-13,16H,1-6,9-11H2,(H,23,26)(H,24,27). The summed E-state index contributed by atoms with van der Waals surface area (Å²) in [5.41, 5.74) is 6.08. The first-order chi connectivity index (χ1) is 15.9. The number of ether oxygens (including phenoxy) is 2. The van der Waals surface area contributed by atoms with Crippen LogP contribution >= 0.6 is 11.3 Å². The van der Waals surface area contributed by atoms with Gasteiger partial charge < -0.3 is 9.47 Å². The Kier molecular flexibility index (Phi) is 6.02. The van der Waals surface area contributed by atoms with E-state index in [1.807, 2.05) is 6.07 Å². The van der Waals surface area contributed by atoms with Crippen LogP contribution in [0.5, 0.6) is 11.5 Å². The summed E-state index contributed by atoms with van der Waals surface area (Å²) in [6, 6.07) is 5.43. The van der Waals surface area contributed by atoms with E-state index in [9.17, 15) is 18.0 Å². The first-order valence-electron chi connectivity index (χ1n) is 11.1. The second kappa shape index (κ2) is 8.96. The number of aryl methyl sites for hydroxylation is 2. The van der Waals surface area contributed by atoms with Crippen LogP contribution in [-0.2, 0) is 27.7 Å². The number of nitrogens with zero attached hydrogens (tertiary/aromatic N) is 1. The fourth-order valence-electron chi connectivity index (χ4n) is 4.48. The quantitative estimate of drug-likeness (QED) is 0.633. The molecule has 9 nitrogen and oxygen atoms in total. The van der Waals surface area contributed by atoms with Gasteiger partial charge in [0.2, 0.25) is 10.0 Å². The van der Waals surface area contributed by atoms with Crippen molar-refractivity contribution in [3.8, 4) is 11.5 Å². The van der Waals surface area contributed by atoms with Crippen LogP contribution in [0.3, 0.4) is 0 Å². The minimum atomic E-state index is -3.93. The molecular formula is C22H25N3O6S2. The first-order valence-corrected chi connectivity index (χ1v) is 13.3. The Bertz CT molecular complexity index is 1170. The molecule has 1 fully saturated rings. The number of thiophene rings is 1. The van der Waals surface area contributed by atoms with Gasteiger partial charge in [0.15, 0.2) is 11.5 Å². The van der Waals surface area contributed by atoms with Gasteiger partial charge in [-0.15, -0.1) is 11.3 Å². The molecule has 2 aromatic rings. The maximum absolute atomic E-state index is 13.3. The highest BCUT2D eigenvalue weighted by Crippen LogP contribution is 2.35. The molecule has 2 aliphatic heterocycles. The lowest BCUT2D eigenvalue weighted by Gasteiger charge is -2.24. The Balaban J connectivity index is 1.26. The second-order valence-corrected chi connectivity index (χ2v) is 11.3. The van der Waals surface area contributed by atoms with Crippen molar-refractivity contribution >= 4 is 33.2 Å². The largest absolute Gasteiger partial charge is 0.486 e. The van der Waals surface area contributed by atoms with Gasteiger partial charge in [-0.2, -0.15) is 4.31 Å². The van der Waals surface area contributed by atoms with Crippen molar-refractivity contribution in [2.24, 2.45) is 0 Å². The van der Waals surface area contributed by atoms with Crippen LogP contribution in [0.4, 0.5) is 0 Å². The summed E-state index contributed by atoms with van der Waals surface area (Å²) >= 11 is 1.45. The molecule has 0 spiro atoms. The molecule has 176 valence electrons. The molecule has 1 unspecified atom stereocenters. The third kappa shape index (κ3) is 4.32. The van der Waals surface area contributed by atoms with Gasteiger partial charge in [-0.05, 0) is 62.3 Å².